The van der Waals surface area contributed by atoms with Crippen molar-refractivity contribution in [1.29, 1.82) is 0 Å². The normalized spacial score (nSPS) is 11.9. The molecule has 0 saturated carbocycles. The minimum absolute atomic E-state index is 0. The topological polar surface area (TPSA) is 97.8 Å². The Balaban J connectivity index is 0.00000387. The molecule has 1 aromatic heterocycles. The van der Waals surface area contributed by atoms with Crippen LogP contribution in [0.3, 0.4) is 0 Å². The van der Waals surface area contributed by atoms with E-state index in [0.717, 1.165) is 24.2 Å². The van der Waals surface area contributed by atoms with Gasteiger partial charge >= 0.3 is 0 Å². The zero-order valence-corrected chi connectivity index (χ0v) is 24.5. The summed E-state index contributed by atoms with van der Waals surface area (Å²) in [5, 5.41) is 11.7. The van der Waals surface area contributed by atoms with Gasteiger partial charge in [0.25, 0.3) is 0 Å². The number of anilines is 1. The second-order valence-electron chi connectivity index (χ2n) is 10.0. The van der Waals surface area contributed by atoms with Crippen LogP contribution in [0.25, 0.3) is 10.9 Å². The first-order chi connectivity index (χ1) is 19.3. The number of fused-ring (bicyclic) bond motifs is 1. The molecule has 0 spiro atoms. The van der Waals surface area contributed by atoms with Gasteiger partial charge in [0.2, 0.25) is 10.0 Å². The number of rotatable bonds is 10. The van der Waals surface area contributed by atoms with Crippen molar-refractivity contribution in [2.45, 2.75) is 12.2 Å². The SMILES string of the molecule is CN(C)CCc1ccc(N=C(c2ccccc2)c2c(O)[nH]c3ccc(NS(=O)(=O)Cc4ccccc4)cc23)cc1.Cl. The molecular formula is C32H33ClN4O3S. The van der Waals surface area contributed by atoms with Crippen LogP contribution < -0.4 is 4.72 Å². The molecule has 9 heteroatoms. The summed E-state index contributed by atoms with van der Waals surface area (Å²) >= 11 is 0. The molecule has 7 nitrogen and oxygen atoms in total. The summed E-state index contributed by atoms with van der Waals surface area (Å²) in [7, 11) is 0.454. The van der Waals surface area contributed by atoms with Gasteiger partial charge in [-0.2, -0.15) is 0 Å². The Morgan fingerprint density at radius 1 is 0.878 bits per heavy atom. The fourth-order valence-corrected chi connectivity index (χ4v) is 5.76. The van der Waals surface area contributed by atoms with Gasteiger partial charge in [-0.05, 0) is 62.0 Å². The van der Waals surface area contributed by atoms with Crippen molar-refractivity contribution in [2.24, 2.45) is 4.99 Å². The molecule has 0 radical (unpaired) electrons. The van der Waals surface area contributed by atoms with Crippen LogP contribution in [-0.2, 0) is 22.2 Å². The Hall–Kier alpha value is -4.11. The van der Waals surface area contributed by atoms with Gasteiger partial charge in [-0.25, -0.2) is 13.4 Å². The molecule has 1 heterocycles. The highest BCUT2D eigenvalue weighted by atomic mass is 35.5. The Morgan fingerprint density at radius 3 is 2.20 bits per heavy atom. The van der Waals surface area contributed by atoms with Gasteiger partial charge < -0.3 is 15.0 Å². The van der Waals surface area contributed by atoms with Gasteiger partial charge in [-0.15, -0.1) is 12.4 Å². The van der Waals surface area contributed by atoms with E-state index in [-0.39, 0.29) is 24.0 Å². The smallest absolute Gasteiger partial charge is 0.236 e. The molecule has 212 valence electrons. The second kappa shape index (κ2) is 13.0. The summed E-state index contributed by atoms with van der Waals surface area (Å²) in [4.78, 5) is 10.1. The van der Waals surface area contributed by atoms with E-state index in [1.165, 1.54) is 5.56 Å². The number of benzene rings is 4. The molecular weight excluding hydrogens is 556 g/mol. The average molecular weight is 589 g/mol. The van der Waals surface area contributed by atoms with E-state index in [4.69, 9.17) is 4.99 Å². The Morgan fingerprint density at radius 2 is 1.54 bits per heavy atom. The van der Waals surface area contributed by atoms with Crippen molar-refractivity contribution >= 4 is 50.4 Å². The van der Waals surface area contributed by atoms with Crippen molar-refractivity contribution in [3.63, 3.8) is 0 Å². The number of aromatic amines is 1. The van der Waals surface area contributed by atoms with Crippen LogP contribution in [0.2, 0.25) is 0 Å². The molecule has 0 amide bonds. The molecule has 5 rings (SSSR count). The van der Waals surface area contributed by atoms with Crippen molar-refractivity contribution < 1.29 is 13.5 Å². The number of aromatic hydroxyl groups is 1. The van der Waals surface area contributed by atoms with Crippen LogP contribution in [0.4, 0.5) is 11.4 Å². The minimum Gasteiger partial charge on any atom is -0.494 e. The van der Waals surface area contributed by atoms with Crippen molar-refractivity contribution in [2.75, 3.05) is 25.4 Å². The maximum Gasteiger partial charge on any atom is 0.236 e. The highest BCUT2D eigenvalue weighted by Gasteiger charge is 2.20. The fourth-order valence-electron chi connectivity index (χ4n) is 4.57. The lowest BCUT2D eigenvalue weighted by Crippen LogP contribution is -2.15. The van der Waals surface area contributed by atoms with Crippen LogP contribution in [0, 0.1) is 0 Å². The number of aromatic nitrogens is 1. The molecule has 0 fully saturated rings. The Bertz CT molecular complexity index is 1740. The quantitative estimate of drug-likeness (QED) is 0.162. The number of H-pyrrole nitrogens is 1. The summed E-state index contributed by atoms with van der Waals surface area (Å²) < 4.78 is 28.5. The second-order valence-corrected chi connectivity index (χ2v) is 11.7. The lowest BCUT2D eigenvalue weighted by atomic mass is 10.0. The van der Waals surface area contributed by atoms with Crippen molar-refractivity contribution in [3.8, 4) is 5.88 Å². The predicted molar refractivity (Wildman–Crippen MR) is 170 cm³/mol. The third-order valence-corrected chi connectivity index (χ3v) is 7.82. The summed E-state index contributed by atoms with van der Waals surface area (Å²) in [5.74, 6) is -0.178. The molecule has 0 aliphatic carbocycles. The summed E-state index contributed by atoms with van der Waals surface area (Å²) in [5.41, 5.74) is 5.64. The number of hydrogen-bond donors (Lipinski definition) is 3. The van der Waals surface area contributed by atoms with E-state index in [0.29, 0.717) is 33.4 Å². The zero-order chi connectivity index (χ0) is 28.1. The molecule has 0 saturated heterocycles. The minimum atomic E-state index is -3.65. The summed E-state index contributed by atoms with van der Waals surface area (Å²) in [6, 6.07) is 31.9. The third kappa shape index (κ3) is 7.55. The predicted octanol–water partition coefficient (Wildman–Crippen LogP) is 6.51. The van der Waals surface area contributed by atoms with E-state index in [1.54, 1.807) is 30.3 Å². The van der Waals surface area contributed by atoms with E-state index in [1.807, 2.05) is 60.7 Å². The fraction of sp³-hybridized carbons (Fsp3) is 0.156. The van der Waals surface area contributed by atoms with E-state index < -0.39 is 10.0 Å². The largest absolute Gasteiger partial charge is 0.494 e. The van der Waals surface area contributed by atoms with Crippen LogP contribution in [0.15, 0.2) is 108 Å². The standard InChI is InChI=1S/C32H32N4O3S.ClH/c1-36(2)20-19-23-13-15-26(16-14-23)33-31(25-11-7-4-8-12-25)30-28-21-27(17-18-29(28)34-32(30)37)35-40(38,39)22-24-9-5-3-6-10-24;/h3-18,21,34-35,37H,19-20,22H2,1-2H3;1H. The molecule has 41 heavy (non-hydrogen) atoms. The third-order valence-electron chi connectivity index (χ3n) is 6.56. The Kier molecular flexibility index (Phi) is 9.50. The van der Waals surface area contributed by atoms with E-state index in [9.17, 15) is 13.5 Å². The van der Waals surface area contributed by atoms with Gasteiger partial charge in [0.15, 0.2) is 5.88 Å². The number of nitrogens with zero attached hydrogens (tertiary/aromatic N) is 2. The molecule has 0 aliphatic rings. The number of nitrogens with one attached hydrogen (secondary N) is 2. The maximum absolute atomic E-state index is 12.9. The number of hydrogen-bond acceptors (Lipinski definition) is 5. The highest BCUT2D eigenvalue weighted by Crippen LogP contribution is 2.33. The first kappa shape index (κ1) is 29.9. The Labute approximate surface area is 247 Å². The first-order valence-corrected chi connectivity index (χ1v) is 14.7. The number of sulfonamides is 1. The summed E-state index contributed by atoms with van der Waals surface area (Å²) in [6.45, 7) is 0.957. The lowest BCUT2D eigenvalue weighted by Gasteiger charge is -2.11. The molecule has 0 aliphatic heterocycles. The van der Waals surface area contributed by atoms with Gasteiger partial charge in [-0.1, -0.05) is 72.8 Å². The maximum atomic E-state index is 12.9. The molecule has 5 aromatic rings. The van der Waals surface area contributed by atoms with Crippen LogP contribution in [-0.4, -0.2) is 49.8 Å². The van der Waals surface area contributed by atoms with Crippen molar-refractivity contribution in [1.82, 2.24) is 9.88 Å². The van der Waals surface area contributed by atoms with E-state index >= 15 is 0 Å². The van der Waals surface area contributed by atoms with Gasteiger partial charge in [0.1, 0.15) is 0 Å². The molecule has 3 N–H and O–H groups in total. The van der Waals surface area contributed by atoms with Gasteiger partial charge in [0, 0.05) is 28.7 Å². The molecule has 4 aromatic carbocycles. The zero-order valence-electron chi connectivity index (χ0n) is 22.9. The lowest BCUT2D eigenvalue weighted by molar-refractivity contribution is 0.413. The summed E-state index contributed by atoms with van der Waals surface area (Å²) in [6.07, 6.45) is 0.939. The number of halogens is 1. The van der Waals surface area contributed by atoms with Gasteiger partial charge in [0.05, 0.1) is 22.7 Å². The van der Waals surface area contributed by atoms with Crippen LogP contribution in [0.5, 0.6) is 5.88 Å². The molecule has 0 unspecified atom stereocenters. The van der Waals surface area contributed by atoms with Gasteiger partial charge in [-0.3, -0.25) is 4.72 Å². The number of aliphatic imine (C=N–C) groups is 1. The van der Waals surface area contributed by atoms with E-state index in [2.05, 4.69) is 40.8 Å². The monoisotopic (exact) mass is 588 g/mol. The van der Waals surface area contributed by atoms with Crippen LogP contribution >= 0.6 is 12.4 Å². The first-order valence-electron chi connectivity index (χ1n) is 13.0. The number of likely N-dealkylation sites (N-methyl/N-ethyl adjacent to an activating group) is 1. The van der Waals surface area contributed by atoms with Crippen LogP contribution in [0.1, 0.15) is 22.3 Å². The molecule has 0 bridgehead atoms. The molecule has 0 atom stereocenters. The van der Waals surface area contributed by atoms with Crippen molar-refractivity contribution in [3.05, 3.63) is 125 Å². The average Bonchev–Trinajstić information content (AvgIpc) is 3.26. The highest BCUT2D eigenvalue weighted by molar-refractivity contribution is 7.91.